The van der Waals surface area contributed by atoms with Gasteiger partial charge in [-0.25, -0.2) is 4.98 Å². The molecule has 0 saturated heterocycles. The van der Waals surface area contributed by atoms with Crippen molar-refractivity contribution in [2.45, 2.75) is 26.3 Å². The van der Waals surface area contributed by atoms with Gasteiger partial charge in [0.15, 0.2) is 0 Å². The molecule has 78 valence electrons. The van der Waals surface area contributed by atoms with Crippen LogP contribution in [0.4, 0.5) is 0 Å². The van der Waals surface area contributed by atoms with Gasteiger partial charge in [-0.2, -0.15) is 0 Å². The summed E-state index contributed by atoms with van der Waals surface area (Å²) >= 11 is 1.55. The van der Waals surface area contributed by atoms with Gasteiger partial charge in [-0.15, -0.1) is 11.3 Å². The van der Waals surface area contributed by atoms with Crippen LogP contribution in [0.2, 0.25) is 0 Å². The number of thiazole rings is 1. The Hall–Kier alpha value is -0.940. The lowest BCUT2D eigenvalue weighted by Gasteiger charge is -1.98. The summed E-state index contributed by atoms with van der Waals surface area (Å²) in [5.74, 6) is -0.157. The van der Waals surface area contributed by atoms with Gasteiger partial charge in [-0.3, -0.25) is 4.79 Å². The highest BCUT2D eigenvalue weighted by molar-refractivity contribution is 7.11. The lowest BCUT2D eigenvalue weighted by atomic mass is 10.3. The van der Waals surface area contributed by atoms with Gasteiger partial charge in [0.1, 0.15) is 5.01 Å². The predicted molar refractivity (Wildman–Crippen MR) is 55.0 cm³/mol. The molecule has 0 aliphatic rings. The molecule has 0 aromatic carbocycles. The third kappa shape index (κ3) is 3.43. The van der Waals surface area contributed by atoms with Crippen molar-refractivity contribution in [3.8, 4) is 0 Å². The number of hydrogen-bond acceptors (Lipinski definition) is 5. The molecule has 0 bridgehead atoms. The van der Waals surface area contributed by atoms with Gasteiger partial charge in [0.05, 0.1) is 13.0 Å². The maximum atomic E-state index is 11.0. The molecule has 2 N–H and O–H groups in total. The summed E-state index contributed by atoms with van der Waals surface area (Å²) in [6, 6.07) is 0. The van der Waals surface area contributed by atoms with Crippen molar-refractivity contribution in [3.63, 3.8) is 0 Å². The Balaban J connectivity index is 2.34. The summed E-state index contributed by atoms with van der Waals surface area (Å²) in [6.45, 7) is 2.71. The molecule has 1 aromatic rings. The number of carbonyl (C=O) groups is 1. The minimum absolute atomic E-state index is 0.157. The highest BCUT2D eigenvalue weighted by atomic mass is 32.1. The molecule has 0 spiro atoms. The van der Waals surface area contributed by atoms with Crippen LogP contribution >= 0.6 is 11.3 Å². The normalized spacial score (nSPS) is 10.1. The van der Waals surface area contributed by atoms with Crippen LogP contribution in [0.15, 0.2) is 6.20 Å². The highest BCUT2D eigenvalue weighted by Gasteiger charge is 2.05. The van der Waals surface area contributed by atoms with E-state index in [0.29, 0.717) is 26.0 Å². The SMILES string of the molecule is CCOC(=O)CCc1cnc(CN)s1. The molecule has 0 aliphatic heterocycles. The first kappa shape index (κ1) is 11.1. The molecule has 0 unspecified atom stereocenters. The average molecular weight is 214 g/mol. The van der Waals surface area contributed by atoms with E-state index in [1.807, 2.05) is 0 Å². The summed E-state index contributed by atoms with van der Waals surface area (Å²) in [4.78, 5) is 16.2. The lowest BCUT2D eigenvalue weighted by molar-refractivity contribution is -0.143. The highest BCUT2D eigenvalue weighted by Crippen LogP contribution is 2.14. The quantitative estimate of drug-likeness (QED) is 0.745. The van der Waals surface area contributed by atoms with Crippen LogP contribution in [-0.2, 0) is 22.5 Å². The molecule has 5 heteroatoms. The number of hydrogen-bond donors (Lipinski definition) is 1. The standard InChI is InChI=1S/C9H14N2O2S/c1-2-13-9(12)4-3-7-6-11-8(5-10)14-7/h6H,2-5,10H2,1H3. The van der Waals surface area contributed by atoms with Crippen molar-refractivity contribution in [3.05, 3.63) is 16.1 Å². The molecule has 0 fully saturated rings. The molecule has 0 aliphatic carbocycles. The fourth-order valence-corrected chi connectivity index (χ4v) is 1.82. The first-order valence-corrected chi connectivity index (χ1v) is 5.37. The zero-order chi connectivity index (χ0) is 10.4. The molecule has 0 amide bonds. The number of aryl methyl sites for hydroxylation is 1. The van der Waals surface area contributed by atoms with Crippen LogP contribution in [0.1, 0.15) is 23.2 Å². The smallest absolute Gasteiger partial charge is 0.306 e. The molecule has 0 atom stereocenters. The minimum atomic E-state index is -0.157. The molecular weight excluding hydrogens is 200 g/mol. The van der Waals surface area contributed by atoms with Crippen molar-refractivity contribution in [2.24, 2.45) is 5.73 Å². The number of nitrogens with two attached hydrogens (primary N) is 1. The van der Waals surface area contributed by atoms with E-state index in [-0.39, 0.29) is 5.97 Å². The van der Waals surface area contributed by atoms with E-state index in [2.05, 4.69) is 4.98 Å². The monoisotopic (exact) mass is 214 g/mol. The summed E-state index contributed by atoms with van der Waals surface area (Å²) < 4.78 is 4.82. The van der Waals surface area contributed by atoms with E-state index in [1.165, 1.54) is 0 Å². The predicted octanol–water partition coefficient (Wildman–Crippen LogP) is 1.10. The van der Waals surface area contributed by atoms with Gasteiger partial charge in [0, 0.05) is 17.6 Å². The number of ether oxygens (including phenoxy) is 1. The van der Waals surface area contributed by atoms with Gasteiger partial charge in [-0.05, 0) is 13.3 Å². The van der Waals surface area contributed by atoms with Gasteiger partial charge < -0.3 is 10.5 Å². The Bertz CT molecular complexity index is 299. The van der Waals surface area contributed by atoms with E-state index in [9.17, 15) is 4.79 Å². The second-order valence-corrected chi connectivity index (χ2v) is 3.93. The molecule has 1 heterocycles. The molecular formula is C9H14N2O2S. The van der Waals surface area contributed by atoms with Crippen LogP contribution in [-0.4, -0.2) is 17.6 Å². The van der Waals surface area contributed by atoms with E-state index in [4.69, 9.17) is 10.5 Å². The number of carbonyl (C=O) groups excluding carboxylic acids is 1. The second-order valence-electron chi connectivity index (χ2n) is 2.73. The third-order valence-electron chi connectivity index (χ3n) is 1.66. The van der Waals surface area contributed by atoms with E-state index < -0.39 is 0 Å². The van der Waals surface area contributed by atoms with E-state index in [0.717, 1.165) is 9.88 Å². The van der Waals surface area contributed by atoms with Crippen LogP contribution in [0, 0.1) is 0 Å². The Morgan fingerprint density at radius 2 is 2.50 bits per heavy atom. The van der Waals surface area contributed by atoms with Crippen molar-refractivity contribution >= 4 is 17.3 Å². The van der Waals surface area contributed by atoms with Crippen LogP contribution < -0.4 is 5.73 Å². The molecule has 1 aromatic heterocycles. The van der Waals surface area contributed by atoms with Crippen molar-refractivity contribution in [1.29, 1.82) is 0 Å². The molecule has 1 rings (SSSR count). The first-order valence-electron chi connectivity index (χ1n) is 4.55. The number of rotatable bonds is 5. The number of esters is 1. The molecule has 14 heavy (non-hydrogen) atoms. The van der Waals surface area contributed by atoms with Crippen molar-refractivity contribution in [1.82, 2.24) is 4.98 Å². The van der Waals surface area contributed by atoms with Crippen LogP contribution in [0.25, 0.3) is 0 Å². The Morgan fingerprint density at radius 1 is 1.71 bits per heavy atom. The van der Waals surface area contributed by atoms with Crippen LogP contribution in [0.5, 0.6) is 0 Å². The second kappa shape index (κ2) is 5.72. The van der Waals surface area contributed by atoms with E-state index in [1.54, 1.807) is 24.5 Å². The third-order valence-corrected chi connectivity index (χ3v) is 2.74. The van der Waals surface area contributed by atoms with Gasteiger partial charge >= 0.3 is 5.97 Å². The Labute approximate surface area is 87.1 Å². The maximum absolute atomic E-state index is 11.0. The zero-order valence-corrected chi connectivity index (χ0v) is 8.97. The maximum Gasteiger partial charge on any atom is 0.306 e. The fourth-order valence-electron chi connectivity index (χ4n) is 1.02. The number of aromatic nitrogens is 1. The summed E-state index contributed by atoms with van der Waals surface area (Å²) in [6.07, 6.45) is 2.88. The van der Waals surface area contributed by atoms with Crippen molar-refractivity contribution < 1.29 is 9.53 Å². The van der Waals surface area contributed by atoms with E-state index >= 15 is 0 Å². The fraction of sp³-hybridized carbons (Fsp3) is 0.556. The topological polar surface area (TPSA) is 65.2 Å². The summed E-state index contributed by atoms with van der Waals surface area (Å²) in [7, 11) is 0. The molecule has 0 radical (unpaired) electrons. The molecule has 4 nitrogen and oxygen atoms in total. The van der Waals surface area contributed by atoms with Crippen LogP contribution in [0.3, 0.4) is 0 Å². The van der Waals surface area contributed by atoms with Gasteiger partial charge in [0.2, 0.25) is 0 Å². The minimum Gasteiger partial charge on any atom is -0.466 e. The summed E-state index contributed by atoms with van der Waals surface area (Å²) in [5.41, 5.74) is 5.42. The zero-order valence-electron chi connectivity index (χ0n) is 8.16. The number of nitrogens with zero attached hydrogens (tertiary/aromatic N) is 1. The van der Waals surface area contributed by atoms with Crippen molar-refractivity contribution in [2.75, 3.05) is 6.61 Å². The van der Waals surface area contributed by atoms with Gasteiger partial charge in [-0.1, -0.05) is 0 Å². The summed E-state index contributed by atoms with van der Waals surface area (Å²) in [5, 5.41) is 0.906. The van der Waals surface area contributed by atoms with Gasteiger partial charge in [0.25, 0.3) is 0 Å². The Kier molecular flexibility index (Phi) is 4.55. The largest absolute Gasteiger partial charge is 0.466 e. The Morgan fingerprint density at radius 3 is 3.07 bits per heavy atom. The molecule has 0 saturated carbocycles. The first-order chi connectivity index (χ1) is 6.76. The average Bonchev–Trinajstić information content (AvgIpc) is 2.63. The lowest BCUT2D eigenvalue weighted by Crippen LogP contribution is -2.04.